The highest BCUT2D eigenvalue weighted by molar-refractivity contribution is 7.91. The topological polar surface area (TPSA) is 68.3 Å². The van der Waals surface area contributed by atoms with Gasteiger partial charge in [0.2, 0.25) is 5.88 Å². The second kappa shape index (κ2) is 7.33. The molecule has 6 heteroatoms. The molecule has 1 N–H and O–H groups in total. The van der Waals surface area contributed by atoms with Gasteiger partial charge in [0.05, 0.1) is 12.9 Å². The Labute approximate surface area is 108 Å². The van der Waals surface area contributed by atoms with E-state index in [0.29, 0.717) is 25.4 Å². The summed E-state index contributed by atoms with van der Waals surface area (Å²) in [6, 6.07) is 3.70. The van der Waals surface area contributed by atoms with E-state index in [-0.39, 0.29) is 11.5 Å². The van der Waals surface area contributed by atoms with Gasteiger partial charge >= 0.3 is 0 Å². The van der Waals surface area contributed by atoms with E-state index in [0.717, 1.165) is 5.56 Å². The number of nitrogens with zero attached hydrogens (tertiary/aromatic N) is 1. The lowest BCUT2D eigenvalue weighted by Gasteiger charge is -2.06. The fraction of sp³-hybridized carbons (Fsp3) is 0.583. The van der Waals surface area contributed by atoms with E-state index >= 15 is 0 Å². The largest absolute Gasteiger partial charge is 0.481 e. The van der Waals surface area contributed by atoms with E-state index in [1.807, 2.05) is 19.1 Å². The molecule has 0 spiro atoms. The lowest BCUT2D eigenvalue weighted by Crippen LogP contribution is -2.24. The van der Waals surface area contributed by atoms with Crippen molar-refractivity contribution in [1.82, 2.24) is 10.3 Å². The number of sulfone groups is 1. The number of aromatic nitrogens is 1. The van der Waals surface area contributed by atoms with Crippen molar-refractivity contribution < 1.29 is 13.2 Å². The zero-order valence-electron chi connectivity index (χ0n) is 10.8. The Morgan fingerprint density at radius 1 is 1.39 bits per heavy atom. The van der Waals surface area contributed by atoms with Crippen LogP contribution in [0.4, 0.5) is 0 Å². The first-order valence-electron chi connectivity index (χ1n) is 5.97. The third-order valence-electron chi connectivity index (χ3n) is 2.44. The molecule has 0 fully saturated rings. The van der Waals surface area contributed by atoms with Gasteiger partial charge in [-0.15, -0.1) is 0 Å². The van der Waals surface area contributed by atoms with E-state index in [1.165, 1.54) is 0 Å². The molecule has 0 aliphatic carbocycles. The average Bonchev–Trinajstić information content (AvgIpc) is 2.35. The summed E-state index contributed by atoms with van der Waals surface area (Å²) in [4.78, 5) is 4.00. The summed E-state index contributed by atoms with van der Waals surface area (Å²) in [6.07, 6.45) is 2.34. The van der Waals surface area contributed by atoms with Gasteiger partial charge in [-0.3, -0.25) is 0 Å². The van der Waals surface area contributed by atoms with Crippen molar-refractivity contribution in [1.29, 1.82) is 0 Å². The first-order valence-corrected chi connectivity index (χ1v) is 7.79. The maximum absolute atomic E-state index is 11.5. The molecule has 0 saturated carbocycles. The van der Waals surface area contributed by atoms with Crippen LogP contribution in [0.2, 0.25) is 0 Å². The lowest BCUT2D eigenvalue weighted by atomic mass is 10.2. The molecule has 0 aliphatic heterocycles. The van der Waals surface area contributed by atoms with Crippen LogP contribution < -0.4 is 10.1 Å². The van der Waals surface area contributed by atoms with Gasteiger partial charge in [0.25, 0.3) is 0 Å². The monoisotopic (exact) mass is 272 g/mol. The predicted octanol–water partition coefficient (Wildman–Crippen LogP) is 1.00. The summed E-state index contributed by atoms with van der Waals surface area (Å²) in [6.45, 7) is 2.95. The van der Waals surface area contributed by atoms with E-state index in [1.54, 1.807) is 13.3 Å². The molecule has 1 rings (SSSR count). The standard InChI is InChI=1S/C12H20N2O3S/c1-3-7-18(15,16)8-6-13-10-11-4-5-14-12(9-11)17-2/h4-5,9,13H,3,6-8,10H2,1-2H3. The molecule has 1 heterocycles. The Kier molecular flexibility index (Phi) is 6.07. The number of rotatable bonds is 8. The molecule has 0 atom stereocenters. The minimum absolute atomic E-state index is 0.184. The smallest absolute Gasteiger partial charge is 0.213 e. The SMILES string of the molecule is CCCS(=O)(=O)CCNCc1ccnc(OC)c1. The molecule has 0 aliphatic rings. The second-order valence-corrected chi connectivity index (χ2v) is 6.34. The summed E-state index contributed by atoms with van der Waals surface area (Å²) in [5.41, 5.74) is 1.02. The van der Waals surface area contributed by atoms with Crippen LogP contribution in [-0.4, -0.2) is 38.6 Å². The number of hydrogen-bond acceptors (Lipinski definition) is 5. The minimum Gasteiger partial charge on any atom is -0.481 e. The first kappa shape index (κ1) is 14.9. The van der Waals surface area contributed by atoms with Crippen molar-refractivity contribution in [2.24, 2.45) is 0 Å². The van der Waals surface area contributed by atoms with Crippen molar-refractivity contribution in [3.8, 4) is 5.88 Å². The van der Waals surface area contributed by atoms with Crippen LogP contribution >= 0.6 is 0 Å². The van der Waals surface area contributed by atoms with Crippen LogP contribution in [-0.2, 0) is 16.4 Å². The Balaban J connectivity index is 2.33. The maximum Gasteiger partial charge on any atom is 0.213 e. The van der Waals surface area contributed by atoms with Crippen molar-refractivity contribution in [3.63, 3.8) is 0 Å². The lowest BCUT2D eigenvalue weighted by molar-refractivity contribution is 0.397. The van der Waals surface area contributed by atoms with Crippen LogP contribution in [0.5, 0.6) is 5.88 Å². The summed E-state index contributed by atoms with van der Waals surface area (Å²) >= 11 is 0. The van der Waals surface area contributed by atoms with Gasteiger partial charge in [0, 0.05) is 31.1 Å². The molecule has 0 saturated heterocycles. The highest BCUT2D eigenvalue weighted by Gasteiger charge is 2.08. The number of pyridine rings is 1. The zero-order chi connectivity index (χ0) is 13.4. The zero-order valence-corrected chi connectivity index (χ0v) is 11.7. The van der Waals surface area contributed by atoms with Gasteiger partial charge in [0.15, 0.2) is 9.84 Å². The molecule has 1 aromatic rings. The number of hydrogen-bond donors (Lipinski definition) is 1. The van der Waals surface area contributed by atoms with Crippen LogP contribution in [0.15, 0.2) is 18.3 Å². The van der Waals surface area contributed by atoms with Gasteiger partial charge in [-0.25, -0.2) is 13.4 Å². The van der Waals surface area contributed by atoms with E-state index < -0.39 is 9.84 Å². The summed E-state index contributed by atoms with van der Waals surface area (Å²) < 4.78 is 28.0. The normalized spacial score (nSPS) is 11.4. The fourth-order valence-corrected chi connectivity index (χ4v) is 2.83. The van der Waals surface area contributed by atoms with Crippen LogP contribution in [0, 0.1) is 0 Å². The number of ether oxygens (including phenoxy) is 1. The van der Waals surface area contributed by atoms with Gasteiger partial charge in [-0.05, 0) is 18.1 Å². The first-order chi connectivity index (χ1) is 8.57. The van der Waals surface area contributed by atoms with Gasteiger partial charge in [-0.1, -0.05) is 6.92 Å². The van der Waals surface area contributed by atoms with Crippen molar-refractivity contribution in [3.05, 3.63) is 23.9 Å². The van der Waals surface area contributed by atoms with Gasteiger partial charge in [-0.2, -0.15) is 0 Å². The van der Waals surface area contributed by atoms with Crippen LogP contribution in [0.3, 0.4) is 0 Å². The molecule has 102 valence electrons. The minimum atomic E-state index is -2.90. The molecule has 0 unspecified atom stereocenters. The fourth-order valence-electron chi connectivity index (χ4n) is 1.55. The Morgan fingerprint density at radius 3 is 2.83 bits per heavy atom. The molecule has 18 heavy (non-hydrogen) atoms. The molecule has 0 aromatic carbocycles. The highest BCUT2D eigenvalue weighted by Crippen LogP contribution is 2.07. The molecular weight excluding hydrogens is 252 g/mol. The highest BCUT2D eigenvalue weighted by atomic mass is 32.2. The predicted molar refractivity (Wildman–Crippen MR) is 71.4 cm³/mol. The third-order valence-corrected chi connectivity index (χ3v) is 4.30. The van der Waals surface area contributed by atoms with Crippen molar-refractivity contribution in [2.45, 2.75) is 19.9 Å². The van der Waals surface area contributed by atoms with Crippen molar-refractivity contribution >= 4 is 9.84 Å². The van der Waals surface area contributed by atoms with Crippen LogP contribution in [0.25, 0.3) is 0 Å². The molecule has 0 amide bonds. The maximum atomic E-state index is 11.5. The second-order valence-electron chi connectivity index (χ2n) is 4.04. The van der Waals surface area contributed by atoms with Gasteiger partial charge < -0.3 is 10.1 Å². The number of nitrogens with one attached hydrogen (secondary N) is 1. The van der Waals surface area contributed by atoms with Crippen molar-refractivity contribution in [2.75, 3.05) is 25.2 Å². The summed E-state index contributed by atoms with van der Waals surface area (Å²) in [5.74, 6) is 1.01. The molecule has 1 aromatic heterocycles. The Bertz CT molecular complexity index is 460. The number of methoxy groups -OCH3 is 1. The van der Waals surface area contributed by atoms with Crippen LogP contribution in [0.1, 0.15) is 18.9 Å². The van der Waals surface area contributed by atoms with E-state index in [9.17, 15) is 8.42 Å². The molecule has 0 radical (unpaired) electrons. The molecule has 0 bridgehead atoms. The average molecular weight is 272 g/mol. The summed E-state index contributed by atoms with van der Waals surface area (Å²) in [5, 5.41) is 3.11. The molecule has 5 nitrogen and oxygen atoms in total. The Hall–Kier alpha value is -1.14. The Morgan fingerprint density at radius 2 is 2.17 bits per heavy atom. The quantitative estimate of drug-likeness (QED) is 0.715. The molecular formula is C12H20N2O3S. The van der Waals surface area contributed by atoms with E-state index in [2.05, 4.69) is 10.3 Å². The van der Waals surface area contributed by atoms with Gasteiger partial charge in [0.1, 0.15) is 0 Å². The van der Waals surface area contributed by atoms with E-state index in [4.69, 9.17) is 4.74 Å². The summed E-state index contributed by atoms with van der Waals surface area (Å²) in [7, 11) is -1.33. The third kappa shape index (κ3) is 5.46.